The molecule has 1 atom stereocenters. The summed E-state index contributed by atoms with van der Waals surface area (Å²) in [7, 11) is 0. The molecule has 1 unspecified atom stereocenters. The lowest BCUT2D eigenvalue weighted by atomic mass is 10.0. The zero-order valence-electron chi connectivity index (χ0n) is 13.2. The molecule has 1 aliphatic carbocycles. The molecule has 1 heterocycles. The van der Waals surface area contributed by atoms with Crippen LogP contribution >= 0.6 is 0 Å². The van der Waals surface area contributed by atoms with Gasteiger partial charge < -0.3 is 10.6 Å². The van der Waals surface area contributed by atoms with Gasteiger partial charge in [0.25, 0.3) is 0 Å². The molecule has 1 aromatic heterocycles. The molecule has 0 bridgehead atoms. The molecular formula is C17H29N3. The highest BCUT2D eigenvalue weighted by molar-refractivity contribution is 5.47. The minimum Gasteiger partial charge on any atom is -0.356 e. The summed E-state index contributed by atoms with van der Waals surface area (Å²) in [6, 6.07) is 2.52. The first kappa shape index (κ1) is 15.3. The van der Waals surface area contributed by atoms with Gasteiger partial charge in [-0.05, 0) is 56.1 Å². The highest BCUT2D eigenvalue weighted by Crippen LogP contribution is 2.32. The van der Waals surface area contributed by atoms with E-state index in [1.165, 1.54) is 42.8 Å². The number of hydrogen-bond acceptors (Lipinski definition) is 3. The van der Waals surface area contributed by atoms with Crippen LogP contribution in [-0.2, 0) is 6.42 Å². The lowest BCUT2D eigenvalue weighted by Crippen LogP contribution is -2.28. The molecule has 0 radical (unpaired) electrons. The zero-order chi connectivity index (χ0) is 14.5. The first-order chi connectivity index (χ1) is 9.63. The second-order valence-electron chi connectivity index (χ2n) is 6.25. The first-order valence-electron chi connectivity index (χ1n) is 8.10. The lowest BCUT2D eigenvalue weighted by Gasteiger charge is -2.25. The maximum atomic E-state index is 6.04. The van der Waals surface area contributed by atoms with Crippen LogP contribution in [0, 0.1) is 12.8 Å². The van der Waals surface area contributed by atoms with E-state index in [0.29, 0.717) is 0 Å². The highest BCUT2D eigenvalue weighted by Gasteiger charge is 2.25. The van der Waals surface area contributed by atoms with E-state index in [1.807, 2.05) is 6.20 Å². The van der Waals surface area contributed by atoms with Crippen molar-refractivity contribution in [1.29, 1.82) is 0 Å². The molecule has 1 aromatic rings. The van der Waals surface area contributed by atoms with E-state index in [2.05, 4.69) is 31.7 Å². The largest absolute Gasteiger partial charge is 0.356 e. The van der Waals surface area contributed by atoms with Gasteiger partial charge in [-0.1, -0.05) is 19.9 Å². The molecule has 0 aliphatic heterocycles. The van der Waals surface area contributed by atoms with E-state index in [1.54, 1.807) is 0 Å². The van der Waals surface area contributed by atoms with Crippen LogP contribution in [0.25, 0.3) is 0 Å². The lowest BCUT2D eigenvalue weighted by molar-refractivity contribution is 0.643. The van der Waals surface area contributed by atoms with Gasteiger partial charge in [-0.25, -0.2) is 4.98 Å². The van der Waals surface area contributed by atoms with Crippen molar-refractivity contribution < 1.29 is 0 Å². The SMILES string of the molecule is CCCN(CC1CC1)c1ncc(CC(N)CC)cc1C. The predicted molar refractivity (Wildman–Crippen MR) is 86.2 cm³/mol. The van der Waals surface area contributed by atoms with E-state index < -0.39 is 0 Å². The molecule has 3 nitrogen and oxygen atoms in total. The van der Waals surface area contributed by atoms with E-state index in [0.717, 1.165) is 25.3 Å². The molecule has 1 aliphatic rings. The van der Waals surface area contributed by atoms with Crippen LogP contribution < -0.4 is 10.6 Å². The number of nitrogens with two attached hydrogens (primary N) is 1. The average molecular weight is 275 g/mol. The monoisotopic (exact) mass is 275 g/mol. The summed E-state index contributed by atoms with van der Waals surface area (Å²) < 4.78 is 0. The summed E-state index contributed by atoms with van der Waals surface area (Å²) >= 11 is 0. The fourth-order valence-corrected chi connectivity index (χ4v) is 2.68. The summed E-state index contributed by atoms with van der Waals surface area (Å²) in [5.41, 5.74) is 8.60. The Hall–Kier alpha value is -1.09. The van der Waals surface area contributed by atoms with Crippen molar-refractivity contribution in [2.45, 2.75) is 58.9 Å². The summed E-state index contributed by atoms with van der Waals surface area (Å²) in [5, 5.41) is 0. The van der Waals surface area contributed by atoms with Crippen molar-refractivity contribution in [3.8, 4) is 0 Å². The molecule has 1 saturated carbocycles. The first-order valence-corrected chi connectivity index (χ1v) is 8.10. The number of rotatable bonds is 8. The Morgan fingerprint density at radius 3 is 2.70 bits per heavy atom. The smallest absolute Gasteiger partial charge is 0.131 e. The predicted octanol–water partition coefficient (Wildman–Crippen LogP) is 3.30. The normalized spacial score (nSPS) is 16.2. The van der Waals surface area contributed by atoms with Crippen LogP contribution in [0.3, 0.4) is 0 Å². The van der Waals surface area contributed by atoms with Gasteiger partial charge in [0.05, 0.1) is 0 Å². The Balaban J connectivity index is 2.09. The molecule has 0 spiro atoms. The van der Waals surface area contributed by atoms with E-state index in [9.17, 15) is 0 Å². The third-order valence-corrected chi connectivity index (χ3v) is 4.10. The number of hydrogen-bond donors (Lipinski definition) is 1. The average Bonchev–Trinajstić information content (AvgIpc) is 3.22. The van der Waals surface area contributed by atoms with E-state index >= 15 is 0 Å². The van der Waals surface area contributed by atoms with Gasteiger partial charge in [-0.3, -0.25) is 0 Å². The van der Waals surface area contributed by atoms with Crippen molar-refractivity contribution in [2.75, 3.05) is 18.0 Å². The minimum absolute atomic E-state index is 0.250. The topological polar surface area (TPSA) is 42.2 Å². The molecule has 20 heavy (non-hydrogen) atoms. The van der Waals surface area contributed by atoms with Crippen molar-refractivity contribution >= 4 is 5.82 Å². The molecule has 1 fully saturated rings. The Bertz CT molecular complexity index is 426. The third-order valence-electron chi connectivity index (χ3n) is 4.10. The van der Waals surface area contributed by atoms with Crippen LogP contribution in [0.1, 0.15) is 50.7 Å². The van der Waals surface area contributed by atoms with Crippen LogP contribution in [0.15, 0.2) is 12.3 Å². The van der Waals surface area contributed by atoms with Crippen molar-refractivity contribution in [3.63, 3.8) is 0 Å². The molecule has 112 valence electrons. The van der Waals surface area contributed by atoms with E-state index in [-0.39, 0.29) is 6.04 Å². The van der Waals surface area contributed by atoms with Crippen molar-refractivity contribution in [2.24, 2.45) is 11.7 Å². The Labute approximate surface area is 123 Å². The second-order valence-corrected chi connectivity index (χ2v) is 6.25. The molecule has 0 amide bonds. The van der Waals surface area contributed by atoms with Gasteiger partial charge in [0.15, 0.2) is 0 Å². The standard InChI is InChI=1S/C17H29N3/c1-4-8-20(12-14-6-7-14)17-13(3)9-15(11-19-17)10-16(18)5-2/h9,11,14,16H,4-8,10,12,18H2,1-3H3. The summed E-state index contributed by atoms with van der Waals surface area (Å²) in [6.07, 6.45) is 7.93. The van der Waals surface area contributed by atoms with Crippen molar-refractivity contribution in [3.05, 3.63) is 23.4 Å². The summed E-state index contributed by atoms with van der Waals surface area (Å²) in [5.74, 6) is 2.07. The van der Waals surface area contributed by atoms with Gasteiger partial charge >= 0.3 is 0 Å². The van der Waals surface area contributed by atoms with Crippen molar-refractivity contribution in [1.82, 2.24) is 4.98 Å². The summed E-state index contributed by atoms with van der Waals surface area (Å²) in [4.78, 5) is 7.20. The maximum Gasteiger partial charge on any atom is 0.131 e. The molecule has 2 N–H and O–H groups in total. The van der Waals surface area contributed by atoms with Gasteiger partial charge in [0.2, 0.25) is 0 Å². The van der Waals surface area contributed by atoms with E-state index in [4.69, 9.17) is 10.7 Å². The maximum absolute atomic E-state index is 6.04. The van der Waals surface area contributed by atoms with Crippen LogP contribution in [0.5, 0.6) is 0 Å². The minimum atomic E-state index is 0.250. The number of aryl methyl sites for hydroxylation is 1. The quantitative estimate of drug-likeness (QED) is 0.791. The zero-order valence-corrected chi connectivity index (χ0v) is 13.2. The number of nitrogens with zero attached hydrogens (tertiary/aromatic N) is 2. The third kappa shape index (κ3) is 4.20. The van der Waals surface area contributed by atoms with Crippen LogP contribution in [0.2, 0.25) is 0 Å². The summed E-state index contributed by atoms with van der Waals surface area (Å²) in [6.45, 7) is 8.84. The van der Waals surface area contributed by atoms with Gasteiger partial charge in [-0.15, -0.1) is 0 Å². The van der Waals surface area contributed by atoms with Gasteiger partial charge in [0, 0.05) is 25.3 Å². The molecule has 2 rings (SSSR count). The number of aromatic nitrogens is 1. The fourth-order valence-electron chi connectivity index (χ4n) is 2.68. The van der Waals surface area contributed by atoms with Gasteiger partial charge in [0.1, 0.15) is 5.82 Å². The Morgan fingerprint density at radius 1 is 1.40 bits per heavy atom. The molecular weight excluding hydrogens is 246 g/mol. The fraction of sp³-hybridized carbons (Fsp3) is 0.706. The van der Waals surface area contributed by atoms with Crippen LogP contribution in [0.4, 0.5) is 5.82 Å². The molecule has 0 aromatic carbocycles. The second kappa shape index (κ2) is 7.07. The molecule has 3 heteroatoms. The Morgan fingerprint density at radius 2 is 2.15 bits per heavy atom. The number of pyridine rings is 1. The Kier molecular flexibility index (Phi) is 5.41. The number of anilines is 1. The van der Waals surface area contributed by atoms with Gasteiger partial charge in [-0.2, -0.15) is 0 Å². The highest BCUT2D eigenvalue weighted by atomic mass is 15.2. The van der Waals surface area contributed by atoms with Crippen LogP contribution in [-0.4, -0.2) is 24.1 Å². The molecule has 0 saturated heterocycles.